The lowest BCUT2D eigenvalue weighted by Gasteiger charge is -2.11. The van der Waals surface area contributed by atoms with Gasteiger partial charge in [0.1, 0.15) is 0 Å². The summed E-state index contributed by atoms with van der Waals surface area (Å²) >= 11 is 1.31. The van der Waals surface area contributed by atoms with Crippen molar-refractivity contribution >= 4 is 22.4 Å². The van der Waals surface area contributed by atoms with Crippen LogP contribution in [0.1, 0.15) is 17.3 Å². The Morgan fingerprint density at radius 3 is 2.94 bits per heavy atom. The van der Waals surface area contributed by atoms with Gasteiger partial charge in [0.25, 0.3) is 0 Å². The Labute approximate surface area is 102 Å². The third-order valence-corrected chi connectivity index (χ3v) is 3.23. The highest BCUT2D eigenvalue weighted by atomic mass is 32.1. The molecule has 84 valence electrons. The highest BCUT2D eigenvalue weighted by Gasteiger charge is 2.14. The van der Waals surface area contributed by atoms with Crippen molar-refractivity contribution in [3.05, 3.63) is 53.2 Å². The van der Waals surface area contributed by atoms with Crippen LogP contribution in [0.3, 0.4) is 0 Å². The molecule has 4 nitrogen and oxygen atoms in total. The molecule has 0 aliphatic rings. The van der Waals surface area contributed by atoms with Crippen molar-refractivity contribution in [3.8, 4) is 0 Å². The highest BCUT2D eigenvalue weighted by Crippen LogP contribution is 2.25. The molecule has 0 aliphatic heterocycles. The number of benzene rings is 1. The van der Waals surface area contributed by atoms with Crippen LogP contribution in [0.15, 0.2) is 41.9 Å². The lowest BCUT2D eigenvalue weighted by molar-refractivity contribution is 0.825. The van der Waals surface area contributed by atoms with Gasteiger partial charge >= 0.3 is 0 Å². The molecule has 0 saturated heterocycles. The Morgan fingerprint density at radius 2 is 2.12 bits per heavy atom. The number of fused-ring (bicyclic) bond motifs is 1. The Bertz CT molecular complexity index is 631. The van der Waals surface area contributed by atoms with Crippen molar-refractivity contribution in [2.75, 3.05) is 0 Å². The molecule has 1 aromatic carbocycles. The molecule has 1 unspecified atom stereocenters. The number of hydrogen-bond acceptors (Lipinski definition) is 5. The zero-order chi connectivity index (χ0) is 11.7. The van der Waals surface area contributed by atoms with E-state index < -0.39 is 0 Å². The van der Waals surface area contributed by atoms with E-state index in [0.29, 0.717) is 0 Å². The molecular formula is C12H10N4S. The molecule has 5 heteroatoms. The molecule has 0 aliphatic carbocycles. The molecule has 17 heavy (non-hydrogen) atoms. The predicted molar refractivity (Wildman–Crippen MR) is 67.7 cm³/mol. The minimum Gasteiger partial charge on any atom is -0.319 e. The Morgan fingerprint density at radius 1 is 1.18 bits per heavy atom. The molecule has 3 rings (SSSR count). The molecule has 0 bridgehead atoms. The van der Waals surface area contributed by atoms with Crippen LogP contribution in [0.5, 0.6) is 0 Å². The first-order chi connectivity index (χ1) is 8.36. The van der Waals surface area contributed by atoms with Gasteiger partial charge in [-0.05, 0) is 29.2 Å². The molecule has 0 radical (unpaired) electrons. The molecule has 3 aromatic rings. The van der Waals surface area contributed by atoms with Gasteiger partial charge in [0.05, 0.1) is 17.3 Å². The lowest BCUT2D eigenvalue weighted by Crippen LogP contribution is -2.12. The number of nitrogens with zero attached hydrogens (tertiary/aromatic N) is 3. The van der Waals surface area contributed by atoms with E-state index in [2.05, 4.69) is 14.6 Å². The van der Waals surface area contributed by atoms with Gasteiger partial charge in [0.2, 0.25) is 0 Å². The second kappa shape index (κ2) is 4.20. The monoisotopic (exact) mass is 242 g/mol. The van der Waals surface area contributed by atoms with Gasteiger partial charge in [0, 0.05) is 17.0 Å². The average molecular weight is 242 g/mol. The molecule has 2 N–H and O–H groups in total. The fraction of sp³-hybridized carbons (Fsp3) is 0.0833. The van der Waals surface area contributed by atoms with Gasteiger partial charge in [-0.2, -0.15) is 0 Å². The largest absolute Gasteiger partial charge is 0.319 e. The minimum atomic E-state index is -0.248. The fourth-order valence-corrected chi connectivity index (χ4v) is 2.36. The second-order valence-electron chi connectivity index (χ2n) is 3.72. The van der Waals surface area contributed by atoms with Crippen LogP contribution < -0.4 is 5.73 Å². The van der Waals surface area contributed by atoms with Crippen molar-refractivity contribution in [3.63, 3.8) is 0 Å². The standard InChI is InChI=1S/C12H10N4S/c13-12(11-7-17-16-15-11)9-3-1-5-10-8(9)4-2-6-14-10/h1-7,12H,13H2. The SMILES string of the molecule is NC(c1csnn1)c1cccc2ncccc12. The summed E-state index contributed by atoms with van der Waals surface area (Å²) in [7, 11) is 0. The van der Waals surface area contributed by atoms with Crippen molar-refractivity contribution in [2.24, 2.45) is 5.73 Å². The molecule has 0 saturated carbocycles. The lowest BCUT2D eigenvalue weighted by atomic mass is 10.0. The quantitative estimate of drug-likeness (QED) is 0.747. The Kier molecular flexibility index (Phi) is 2.55. The van der Waals surface area contributed by atoms with E-state index in [1.54, 1.807) is 6.20 Å². The predicted octanol–water partition coefficient (Wildman–Crippen LogP) is 2.13. The van der Waals surface area contributed by atoms with Crippen molar-refractivity contribution in [1.82, 2.24) is 14.6 Å². The number of hydrogen-bond donors (Lipinski definition) is 1. The van der Waals surface area contributed by atoms with E-state index >= 15 is 0 Å². The van der Waals surface area contributed by atoms with Crippen LogP contribution in [0, 0.1) is 0 Å². The minimum absolute atomic E-state index is 0.248. The summed E-state index contributed by atoms with van der Waals surface area (Å²) in [4.78, 5) is 4.32. The topological polar surface area (TPSA) is 64.7 Å². The van der Waals surface area contributed by atoms with Gasteiger partial charge in [0.15, 0.2) is 0 Å². The van der Waals surface area contributed by atoms with Crippen LogP contribution in [-0.2, 0) is 0 Å². The summed E-state index contributed by atoms with van der Waals surface area (Å²) in [5.41, 5.74) is 8.98. The first-order valence-corrected chi connectivity index (χ1v) is 6.06. The van der Waals surface area contributed by atoms with Crippen LogP contribution in [-0.4, -0.2) is 14.6 Å². The number of pyridine rings is 1. The van der Waals surface area contributed by atoms with E-state index in [0.717, 1.165) is 22.2 Å². The smallest absolute Gasteiger partial charge is 0.0968 e. The summed E-state index contributed by atoms with van der Waals surface area (Å²) < 4.78 is 3.84. The third kappa shape index (κ3) is 1.79. The third-order valence-electron chi connectivity index (χ3n) is 2.71. The number of nitrogens with two attached hydrogens (primary N) is 1. The first kappa shape index (κ1) is 10.3. The number of rotatable bonds is 2. The van der Waals surface area contributed by atoms with Crippen LogP contribution in [0.25, 0.3) is 10.9 Å². The molecule has 0 spiro atoms. The van der Waals surface area contributed by atoms with Gasteiger partial charge in [-0.15, -0.1) is 5.10 Å². The summed E-state index contributed by atoms with van der Waals surface area (Å²) in [6, 6.07) is 9.64. The number of aromatic nitrogens is 3. The van der Waals surface area contributed by atoms with E-state index in [-0.39, 0.29) is 6.04 Å². The zero-order valence-electron chi connectivity index (χ0n) is 8.95. The first-order valence-electron chi connectivity index (χ1n) is 5.22. The van der Waals surface area contributed by atoms with E-state index in [9.17, 15) is 0 Å². The van der Waals surface area contributed by atoms with Crippen molar-refractivity contribution in [1.29, 1.82) is 0 Å². The Hall–Kier alpha value is -1.85. The maximum absolute atomic E-state index is 6.20. The van der Waals surface area contributed by atoms with Gasteiger partial charge in [-0.1, -0.05) is 22.7 Å². The van der Waals surface area contributed by atoms with Gasteiger partial charge in [-0.25, -0.2) is 0 Å². The fourth-order valence-electron chi connectivity index (χ4n) is 1.87. The summed E-state index contributed by atoms with van der Waals surface area (Å²) in [5.74, 6) is 0. The summed E-state index contributed by atoms with van der Waals surface area (Å²) in [5, 5.41) is 6.96. The van der Waals surface area contributed by atoms with E-state index in [4.69, 9.17) is 5.73 Å². The normalized spacial score (nSPS) is 12.8. The molecule has 0 fully saturated rings. The Balaban J connectivity index is 2.17. The maximum Gasteiger partial charge on any atom is 0.0968 e. The molecule has 0 amide bonds. The van der Waals surface area contributed by atoms with Gasteiger partial charge < -0.3 is 5.73 Å². The zero-order valence-corrected chi connectivity index (χ0v) is 9.76. The van der Waals surface area contributed by atoms with Crippen molar-refractivity contribution < 1.29 is 0 Å². The van der Waals surface area contributed by atoms with E-state index in [1.807, 2.05) is 35.7 Å². The van der Waals surface area contributed by atoms with Crippen molar-refractivity contribution in [2.45, 2.75) is 6.04 Å². The van der Waals surface area contributed by atoms with Gasteiger partial charge in [-0.3, -0.25) is 4.98 Å². The van der Waals surface area contributed by atoms with E-state index in [1.165, 1.54) is 11.5 Å². The van der Waals surface area contributed by atoms with Crippen LogP contribution in [0.4, 0.5) is 0 Å². The summed E-state index contributed by atoms with van der Waals surface area (Å²) in [6.07, 6.45) is 1.78. The molecule has 2 heterocycles. The van der Waals surface area contributed by atoms with Crippen LogP contribution >= 0.6 is 11.5 Å². The molecule has 2 aromatic heterocycles. The molecule has 1 atom stereocenters. The average Bonchev–Trinajstić information content (AvgIpc) is 2.91. The second-order valence-corrected chi connectivity index (χ2v) is 4.33. The van der Waals surface area contributed by atoms with Crippen LogP contribution in [0.2, 0.25) is 0 Å². The highest BCUT2D eigenvalue weighted by molar-refractivity contribution is 7.03. The summed E-state index contributed by atoms with van der Waals surface area (Å²) in [6.45, 7) is 0. The maximum atomic E-state index is 6.20. The molecular weight excluding hydrogens is 232 g/mol.